The number of epoxide rings is 1. The third-order valence-corrected chi connectivity index (χ3v) is 3.47. The summed E-state index contributed by atoms with van der Waals surface area (Å²) in [7, 11) is 1.65. The molecule has 0 unspecified atom stereocenters. The van der Waals surface area contributed by atoms with Crippen LogP contribution >= 0.6 is 0 Å². The number of hydrogen-bond acceptors (Lipinski definition) is 4. The Hall–Kier alpha value is -1.36. The van der Waals surface area contributed by atoms with Gasteiger partial charge in [-0.15, -0.1) is 0 Å². The van der Waals surface area contributed by atoms with Crippen molar-refractivity contribution in [1.29, 1.82) is 0 Å². The zero-order valence-corrected chi connectivity index (χ0v) is 12.0. The summed E-state index contributed by atoms with van der Waals surface area (Å²) >= 11 is 0. The molecule has 0 amide bonds. The minimum atomic E-state index is -0.0429. The molecule has 0 saturated carbocycles. The van der Waals surface area contributed by atoms with Crippen LogP contribution in [0.1, 0.15) is 18.9 Å². The van der Waals surface area contributed by atoms with E-state index in [2.05, 4.69) is 6.58 Å². The van der Waals surface area contributed by atoms with E-state index in [1.807, 2.05) is 31.2 Å². The minimum Gasteiger partial charge on any atom is -0.497 e. The van der Waals surface area contributed by atoms with Crippen molar-refractivity contribution in [1.82, 2.24) is 0 Å². The standard InChI is InChI=1S/C16H22O4/c1-11(2)14(8-15-16(9-17)20-15)19-10-12-4-6-13(18-3)7-5-12/h4-7,14-17H,1,8-10H2,2-3H3/t14-,15+,16+/m1/s1. The van der Waals surface area contributed by atoms with Gasteiger partial charge < -0.3 is 19.3 Å². The Labute approximate surface area is 120 Å². The molecule has 1 heterocycles. The number of aliphatic hydroxyl groups is 1. The lowest BCUT2D eigenvalue weighted by atomic mass is 10.1. The molecular weight excluding hydrogens is 256 g/mol. The van der Waals surface area contributed by atoms with Crippen molar-refractivity contribution in [3.8, 4) is 5.75 Å². The molecule has 1 saturated heterocycles. The summed E-state index contributed by atoms with van der Waals surface area (Å²) in [5.74, 6) is 0.836. The molecule has 1 fully saturated rings. The van der Waals surface area contributed by atoms with Crippen LogP contribution < -0.4 is 4.74 Å². The monoisotopic (exact) mass is 278 g/mol. The first kappa shape index (κ1) is 15.0. The molecule has 1 N–H and O–H groups in total. The second-order valence-corrected chi connectivity index (χ2v) is 5.13. The number of ether oxygens (including phenoxy) is 3. The normalized spacial score (nSPS) is 22.4. The zero-order valence-electron chi connectivity index (χ0n) is 12.0. The van der Waals surface area contributed by atoms with Gasteiger partial charge in [0.05, 0.1) is 32.5 Å². The van der Waals surface area contributed by atoms with Crippen LogP contribution in [-0.2, 0) is 16.1 Å². The van der Waals surface area contributed by atoms with Crippen LogP contribution in [0.2, 0.25) is 0 Å². The van der Waals surface area contributed by atoms with Crippen LogP contribution in [-0.4, -0.2) is 37.1 Å². The summed E-state index contributed by atoms with van der Waals surface area (Å²) in [5, 5.41) is 8.99. The molecule has 110 valence electrons. The third-order valence-electron chi connectivity index (χ3n) is 3.47. The van der Waals surface area contributed by atoms with Gasteiger partial charge in [-0.1, -0.05) is 24.3 Å². The Morgan fingerprint density at radius 1 is 1.35 bits per heavy atom. The molecule has 1 aromatic rings. The molecule has 0 radical (unpaired) electrons. The summed E-state index contributed by atoms with van der Waals surface area (Å²) in [5.41, 5.74) is 2.07. The van der Waals surface area contributed by atoms with Crippen molar-refractivity contribution >= 4 is 0 Å². The highest BCUT2D eigenvalue weighted by Crippen LogP contribution is 2.29. The zero-order chi connectivity index (χ0) is 14.5. The van der Waals surface area contributed by atoms with Gasteiger partial charge >= 0.3 is 0 Å². The van der Waals surface area contributed by atoms with Gasteiger partial charge in [0.1, 0.15) is 11.9 Å². The summed E-state index contributed by atoms with van der Waals surface area (Å²) in [6, 6.07) is 7.80. The molecule has 3 atom stereocenters. The van der Waals surface area contributed by atoms with Crippen molar-refractivity contribution in [2.45, 2.75) is 38.3 Å². The topological polar surface area (TPSA) is 51.2 Å². The predicted octanol–water partition coefficient (Wildman–Crippen LogP) is 2.31. The molecular formula is C16H22O4. The first-order valence-electron chi connectivity index (χ1n) is 6.80. The number of methoxy groups -OCH3 is 1. The smallest absolute Gasteiger partial charge is 0.118 e. The number of aliphatic hydroxyl groups excluding tert-OH is 1. The molecule has 0 bridgehead atoms. The summed E-state index contributed by atoms with van der Waals surface area (Å²) in [6.07, 6.45) is 0.772. The number of hydrogen-bond donors (Lipinski definition) is 1. The largest absolute Gasteiger partial charge is 0.497 e. The van der Waals surface area contributed by atoms with Crippen LogP contribution in [0, 0.1) is 0 Å². The van der Waals surface area contributed by atoms with Gasteiger partial charge in [-0.05, 0) is 24.6 Å². The molecule has 0 aliphatic carbocycles. The minimum absolute atomic E-state index is 0.0264. The third kappa shape index (κ3) is 4.07. The molecule has 4 heteroatoms. The van der Waals surface area contributed by atoms with Gasteiger partial charge in [-0.25, -0.2) is 0 Å². The van der Waals surface area contributed by atoms with Gasteiger partial charge in [-0.2, -0.15) is 0 Å². The maximum atomic E-state index is 8.99. The number of benzene rings is 1. The van der Waals surface area contributed by atoms with E-state index in [1.54, 1.807) is 7.11 Å². The molecule has 20 heavy (non-hydrogen) atoms. The van der Waals surface area contributed by atoms with E-state index in [0.717, 1.165) is 23.3 Å². The van der Waals surface area contributed by atoms with Crippen LogP contribution in [0.5, 0.6) is 5.75 Å². The Morgan fingerprint density at radius 3 is 2.55 bits per heavy atom. The highest BCUT2D eigenvalue weighted by atomic mass is 16.6. The summed E-state index contributed by atoms with van der Waals surface area (Å²) in [6.45, 7) is 6.52. The van der Waals surface area contributed by atoms with Gasteiger partial charge in [0, 0.05) is 6.42 Å². The van der Waals surface area contributed by atoms with E-state index in [4.69, 9.17) is 19.3 Å². The van der Waals surface area contributed by atoms with Crippen LogP contribution in [0.15, 0.2) is 36.4 Å². The Kier molecular flexibility index (Phi) is 5.17. The van der Waals surface area contributed by atoms with E-state index in [9.17, 15) is 0 Å². The highest BCUT2D eigenvalue weighted by molar-refractivity contribution is 5.26. The number of rotatable bonds is 8. The van der Waals surface area contributed by atoms with E-state index in [-0.39, 0.29) is 24.9 Å². The van der Waals surface area contributed by atoms with E-state index >= 15 is 0 Å². The highest BCUT2D eigenvalue weighted by Gasteiger charge is 2.39. The second-order valence-electron chi connectivity index (χ2n) is 5.13. The van der Waals surface area contributed by atoms with Gasteiger partial charge in [0.2, 0.25) is 0 Å². The SMILES string of the molecule is C=C(C)[C@@H](C[C@@H]1O[C@H]1CO)OCc1ccc(OC)cc1. The molecule has 4 nitrogen and oxygen atoms in total. The van der Waals surface area contributed by atoms with E-state index < -0.39 is 0 Å². The van der Waals surface area contributed by atoms with Crippen LogP contribution in [0.4, 0.5) is 0 Å². The van der Waals surface area contributed by atoms with Crippen molar-refractivity contribution in [3.05, 3.63) is 42.0 Å². The lowest BCUT2D eigenvalue weighted by Crippen LogP contribution is -2.18. The predicted molar refractivity (Wildman–Crippen MR) is 76.7 cm³/mol. The van der Waals surface area contributed by atoms with Crippen LogP contribution in [0.3, 0.4) is 0 Å². The maximum Gasteiger partial charge on any atom is 0.118 e. The molecule has 2 rings (SSSR count). The summed E-state index contributed by atoms with van der Waals surface area (Å²) < 4.78 is 16.4. The molecule has 0 spiro atoms. The maximum absolute atomic E-state index is 8.99. The molecule has 1 aliphatic rings. The molecule has 0 aromatic heterocycles. The summed E-state index contributed by atoms with van der Waals surface area (Å²) in [4.78, 5) is 0. The van der Waals surface area contributed by atoms with E-state index in [0.29, 0.717) is 6.61 Å². The first-order valence-corrected chi connectivity index (χ1v) is 6.80. The first-order chi connectivity index (χ1) is 9.63. The van der Waals surface area contributed by atoms with Crippen molar-refractivity contribution in [2.24, 2.45) is 0 Å². The van der Waals surface area contributed by atoms with Crippen molar-refractivity contribution < 1.29 is 19.3 Å². The fraction of sp³-hybridized carbons (Fsp3) is 0.500. The average Bonchev–Trinajstić information content (AvgIpc) is 3.22. The van der Waals surface area contributed by atoms with Crippen molar-refractivity contribution in [2.75, 3.05) is 13.7 Å². The van der Waals surface area contributed by atoms with E-state index in [1.165, 1.54) is 0 Å². The van der Waals surface area contributed by atoms with Crippen molar-refractivity contribution in [3.63, 3.8) is 0 Å². The van der Waals surface area contributed by atoms with Gasteiger partial charge in [0.25, 0.3) is 0 Å². The van der Waals surface area contributed by atoms with Gasteiger partial charge in [-0.3, -0.25) is 0 Å². The molecule has 1 aliphatic heterocycles. The fourth-order valence-electron chi connectivity index (χ4n) is 2.09. The Balaban J connectivity index is 1.83. The Morgan fingerprint density at radius 2 is 2.05 bits per heavy atom. The average molecular weight is 278 g/mol. The fourth-order valence-corrected chi connectivity index (χ4v) is 2.09. The quantitative estimate of drug-likeness (QED) is 0.585. The van der Waals surface area contributed by atoms with Crippen LogP contribution in [0.25, 0.3) is 0 Å². The lowest BCUT2D eigenvalue weighted by Gasteiger charge is -2.17. The Bertz CT molecular complexity index is 440. The molecule has 1 aromatic carbocycles. The second kappa shape index (κ2) is 6.88. The lowest BCUT2D eigenvalue weighted by molar-refractivity contribution is 0.0540. The van der Waals surface area contributed by atoms with Gasteiger partial charge in [0.15, 0.2) is 0 Å².